The zero-order valence-corrected chi connectivity index (χ0v) is 18.0. The number of thioether (sulfide) groups is 1. The van der Waals surface area contributed by atoms with Crippen molar-refractivity contribution in [3.8, 4) is 0 Å². The third kappa shape index (κ3) is 5.21. The van der Waals surface area contributed by atoms with Crippen LogP contribution in [0.3, 0.4) is 0 Å². The highest BCUT2D eigenvalue weighted by molar-refractivity contribution is 8.01. The number of nitrogens with one attached hydrogen (secondary N) is 1. The molecule has 1 aliphatic heterocycles. The summed E-state index contributed by atoms with van der Waals surface area (Å²) in [6.07, 6.45) is 9.47. The highest BCUT2D eigenvalue weighted by Crippen LogP contribution is 2.46. The normalized spacial score (nSPS) is 22.5. The van der Waals surface area contributed by atoms with Crippen LogP contribution < -0.4 is 5.32 Å². The summed E-state index contributed by atoms with van der Waals surface area (Å²) in [6, 6.07) is 9.30. The molecule has 1 N–H and O–H groups in total. The number of amides is 1. The van der Waals surface area contributed by atoms with Crippen LogP contribution >= 0.6 is 24.2 Å². The van der Waals surface area contributed by atoms with Gasteiger partial charge in [-0.15, -0.1) is 24.2 Å². The van der Waals surface area contributed by atoms with Gasteiger partial charge in [-0.3, -0.25) is 4.79 Å². The first kappa shape index (κ1) is 21.0. The van der Waals surface area contributed by atoms with Crippen molar-refractivity contribution >= 4 is 30.1 Å². The topological polar surface area (TPSA) is 32.3 Å². The lowest BCUT2D eigenvalue weighted by Crippen LogP contribution is -2.51. The standard InChI is InChI=1S/C22H32N2OS.ClH/c1-17-4-8-20(9-5-17)26-22(12-2-3-13-22)21(25)24-14-10-19(11-15-24)23-16-18-6-7-18;/h4-5,8-9,18-19,23H,2-3,6-7,10-16H2,1H3;1H. The third-order valence-electron chi connectivity index (χ3n) is 6.31. The number of hydrogen-bond acceptors (Lipinski definition) is 3. The maximum atomic E-state index is 13.5. The maximum absolute atomic E-state index is 13.5. The van der Waals surface area contributed by atoms with Crippen LogP contribution in [0.25, 0.3) is 0 Å². The average Bonchev–Trinajstić information content (AvgIpc) is 3.38. The Hall–Kier alpha value is -0.710. The van der Waals surface area contributed by atoms with Gasteiger partial charge in [0, 0.05) is 24.0 Å². The second kappa shape index (κ2) is 9.19. The molecule has 0 unspecified atom stereocenters. The second-order valence-corrected chi connectivity index (χ2v) is 9.99. The number of benzene rings is 1. The van der Waals surface area contributed by atoms with Crippen LogP contribution in [0.1, 0.15) is 56.9 Å². The molecular formula is C22H33ClN2OS. The van der Waals surface area contributed by atoms with Gasteiger partial charge in [0.2, 0.25) is 5.91 Å². The molecule has 0 radical (unpaired) electrons. The number of likely N-dealkylation sites (tertiary alicyclic amines) is 1. The molecule has 1 amide bonds. The van der Waals surface area contributed by atoms with Gasteiger partial charge in [0.1, 0.15) is 0 Å². The molecule has 27 heavy (non-hydrogen) atoms. The highest BCUT2D eigenvalue weighted by Gasteiger charge is 2.45. The van der Waals surface area contributed by atoms with Crippen LogP contribution in [-0.4, -0.2) is 41.2 Å². The first-order chi connectivity index (χ1) is 12.6. The van der Waals surface area contributed by atoms with Crippen molar-refractivity contribution in [1.29, 1.82) is 0 Å². The summed E-state index contributed by atoms with van der Waals surface area (Å²) >= 11 is 1.83. The predicted octanol–water partition coefficient (Wildman–Crippen LogP) is 4.81. The summed E-state index contributed by atoms with van der Waals surface area (Å²) in [7, 11) is 0. The van der Waals surface area contributed by atoms with E-state index >= 15 is 0 Å². The Kier molecular flexibility index (Phi) is 7.15. The summed E-state index contributed by atoms with van der Waals surface area (Å²) in [5.74, 6) is 1.34. The summed E-state index contributed by atoms with van der Waals surface area (Å²) in [5.41, 5.74) is 1.28. The van der Waals surface area contributed by atoms with Gasteiger partial charge in [-0.1, -0.05) is 30.5 Å². The molecule has 4 rings (SSSR count). The number of piperidine rings is 1. The molecule has 3 aliphatic rings. The molecule has 0 atom stereocenters. The molecule has 1 aromatic rings. The Morgan fingerprint density at radius 3 is 2.33 bits per heavy atom. The lowest BCUT2D eigenvalue weighted by molar-refractivity contribution is -0.134. The van der Waals surface area contributed by atoms with Crippen LogP contribution in [0.2, 0.25) is 0 Å². The molecule has 1 saturated heterocycles. The third-order valence-corrected chi connectivity index (χ3v) is 7.79. The van der Waals surface area contributed by atoms with Crippen LogP contribution in [0.15, 0.2) is 29.2 Å². The average molecular weight is 409 g/mol. The van der Waals surface area contributed by atoms with Crippen LogP contribution in [-0.2, 0) is 4.79 Å². The SMILES string of the molecule is Cc1ccc(SC2(C(=O)N3CCC(NCC4CC4)CC3)CCCC2)cc1.Cl. The monoisotopic (exact) mass is 408 g/mol. The molecule has 5 heteroatoms. The second-order valence-electron chi connectivity index (χ2n) is 8.53. The lowest BCUT2D eigenvalue weighted by Gasteiger charge is -2.38. The quantitative estimate of drug-likeness (QED) is 0.732. The minimum Gasteiger partial charge on any atom is -0.341 e. The van der Waals surface area contributed by atoms with Gasteiger partial charge >= 0.3 is 0 Å². The number of nitrogens with zero attached hydrogens (tertiary/aromatic N) is 1. The summed E-state index contributed by atoms with van der Waals surface area (Å²) in [6.45, 7) is 5.16. The summed E-state index contributed by atoms with van der Waals surface area (Å²) < 4.78 is -0.219. The van der Waals surface area contributed by atoms with Gasteiger partial charge in [0.25, 0.3) is 0 Å². The molecule has 3 nitrogen and oxygen atoms in total. The zero-order valence-electron chi connectivity index (χ0n) is 16.4. The predicted molar refractivity (Wildman–Crippen MR) is 116 cm³/mol. The van der Waals surface area contributed by atoms with E-state index in [1.165, 1.54) is 42.7 Å². The van der Waals surface area contributed by atoms with Gasteiger partial charge in [-0.2, -0.15) is 0 Å². The van der Waals surface area contributed by atoms with Crippen molar-refractivity contribution in [3.05, 3.63) is 29.8 Å². The van der Waals surface area contributed by atoms with Crippen molar-refractivity contribution in [3.63, 3.8) is 0 Å². The van der Waals surface area contributed by atoms with Crippen LogP contribution in [0.4, 0.5) is 0 Å². The minimum atomic E-state index is -0.219. The van der Waals surface area contributed by atoms with Crippen molar-refractivity contribution in [1.82, 2.24) is 10.2 Å². The minimum absolute atomic E-state index is 0. The smallest absolute Gasteiger partial charge is 0.239 e. The molecule has 1 heterocycles. The fourth-order valence-corrected chi connectivity index (χ4v) is 5.80. The number of halogens is 1. The summed E-state index contributed by atoms with van der Waals surface area (Å²) in [4.78, 5) is 16.9. The van der Waals surface area contributed by atoms with E-state index in [-0.39, 0.29) is 17.2 Å². The van der Waals surface area contributed by atoms with Crippen LogP contribution in [0, 0.1) is 12.8 Å². The van der Waals surface area contributed by atoms with Gasteiger partial charge in [0.15, 0.2) is 0 Å². The zero-order chi connectivity index (χ0) is 18.0. The Bertz CT molecular complexity index is 618. The van der Waals surface area contributed by atoms with Crippen molar-refractivity contribution < 1.29 is 4.79 Å². The van der Waals surface area contributed by atoms with E-state index in [4.69, 9.17) is 0 Å². The van der Waals surface area contributed by atoms with Gasteiger partial charge in [-0.25, -0.2) is 0 Å². The van der Waals surface area contributed by atoms with Crippen LogP contribution in [0.5, 0.6) is 0 Å². The van der Waals surface area contributed by atoms with Gasteiger partial charge < -0.3 is 10.2 Å². The molecule has 2 aliphatic carbocycles. The lowest BCUT2D eigenvalue weighted by atomic mass is 10.00. The van der Waals surface area contributed by atoms with Crippen molar-refractivity contribution in [2.75, 3.05) is 19.6 Å². The van der Waals surface area contributed by atoms with Gasteiger partial charge in [0.05, 0.1) is 4.75 Å². The first-order valence-corrected chi connectivity index (χ1v) is 11.2. The van der Waals surface area contributed by atoms with E-state index in [1.54, 1.807) is 0 Å². The van der Waals surface area contributed by atoms with E-state index in [9.17, 15) is 4.79 Å². The largest absolute Gasteiger partial charge is 0.341 e. The molecule has 2 saturated carbocycles. The Balaban J connectivity index is 0.00000210. The number of rotatable bonds is 6. The number of carbonyl (C=O) groups is 1. The number of carbonyl (C=O) groups excluding carboxylic acids is 1. The maximum Gasteiger partial charge on any atom is 0.239 e. The van der Waals surface area contributed by atoms with Gasteiger partial charge in [-0.05, 0) is 70.0 Å². The van der Waals surface area contributed by atoms with E-state index in [0.717, 1.165) is 44.7 Å². The van der Waals surface area contributed by atoms with E-state index < -0.39 is 0 Å². The number of aryl methyl sites for hydroxylation is 1. The fraction of sp³-hybridized carbons (Fsp3) is 0.682. The molecule has 1 aromatic carbocycles. The fourth-order valence-electron chi connectivity index (χ4n) is 4.37. The summed E-state index contributed by atoms with van der Waals surface area (Å²) in [5, 5.41) is 3.72. The van der Waals surface area contributed by atoms with Crippen molar-refractivity contribution in [2.24, 2.45) is 5.92 Å². The Morgan fingerprint density at radius 1 is 1.11 bits per heavy atom. The first-order valence-electron chi connectivity index (χ1n) is 10.4. The molecule has 0 aromatic heterocycles. The molecule has 3 fully saturated rings. The van der Waals surface area contributed by atoms with E-state index in [0.29, 0.717) is 11.9 Å². The number of hydrogen-bond donors (Lipinski definition) is 1. The molecule has 0 bridgehead atoms. The van der Waals surface area contributed by atoms with Crippen molar-refractivity contribution in [2.45, 2.75) is 74.0 Å². The van der Waals surface area contributed by atoms with E-state index in [2.05, 4.69) is 41.4 Å². The molecular weight excluding hydrogens is 376 g/mol. The Morgan fingerprint density at radius 2 is 1.74 bits per heavy atom. The molecule has 150 valence electrons. The molecule has 0 spiro atoms. The Labute approximate surface area is 174 Å². The van der Waals surface area contributed by atoms with E-state index in [1.807, 2.05) is 11.8 Å². The highest BCUT2D eigenvalue weighted by atomic mass is 35.5.